The van der Waals surface area contributed by atoms with Gasteiger partial charge in [0.2, 0.25) is 0 Å². The molecule has 174 valence electrons. The standard InChI is InChI=1S/C26H22Br2N2O4/c27-23-11-7-19(8-12-23)21(15-29)17-33-25(31)5-3-1-2-4-6-26(32)34-18-22(16-30)20-9-13-24(28)14-10-20/h7-14,17-18H,1-6H2/b21-17+,22-18+. The molecule has 0 aliphatic rings. The average Bonchev–Trinajstić information content (AvgIpc) is 2.84. The molecule has 0 aromatic heterocycles. The molecular weight excluding hydrogens is 564 g/mol. The molecule has 0 aliphatic heterocycles. The first-order valence-electron chi connectivity index (χ1n) is 10.5. The van der Waals surface area contributed by atoms with E-state index < -0.39 is 11.9 Å². The number of nitriles is 2. The Kier molecular flexibility index (Phi) is 11.8. The molecule has 0 unspecified atom stereocenters. The summed E-state index contributed by atoms with van der Waals surface area (Å²) in [4.78, 5) is 23.8. The van der Waals surface area contributed by atoms with Gasteiger partial charge in [-0.1, -0.05) is 69.0 Å². The molecule has 0 amide bonds. The van der Waals surface area contributed by atoms with Crippen molar-refractivity contribution in [3.8, 4) is 12.1 Å². The summed E-state index contributed by atoms with van der Waals surface area (Å²) >= 11 is 6.66. The van der Waals surface area contributed by atoms with Crippen molar-refractivity contribution in [2.45, 2.75) is 38.5 Å². The zero-order chi connectivity index (χ0) is 24.8. The van der Waals surface area contributed by atoms with E-state index in [0.29, 0.717) is 24.0 Å². The summed E-state index contributed by atoms with van der Waals surface area (Å²) in [6, 6.07) is 18.3. The third-order valence-corrected chi connectivity index (χ3v) is 5.74. The van der Waals surface area contributed by atoms with E-state index in [0.717, 1.165) is 21.8 Å². The molecule has 0 bridgehead atoms. The highest BCUT2D eigenvalue weighted by Crippen LogP contribution is 2.19. The van der Waals surface area contributed by atoms with Crippen LogP contribution < -0.4 is 0 Å². The van der Waals surface area contributed by atoms with E-state index in [2.05, 4.69) is 31.9 Å². The Balaban J connectivity index is 1.64. The van der Waals surface area contributed by atoms with Crippen LogP contribution in [0.5, 0.6) is 0 Å². The van der Waals surface area contributed by atoms with Crippen molar-refractivity contribution in [2.24, 2.45) is 0 Å². The first-order valence-corrected chi connectivity index (χ1v) is 12.1. The summed E-state index contributed by atoms with van der Waals surface area (Å²) in [6.45, 7) is 0. The van der Waals surface area contributed by atoms with Gasteiger partial charge in [0.25, 0.3) is 0 Å². The first-order chi connectivity index (χ1) is 16.4. The first kappa shape index (κ1) is 27.0. The lowest BCUT2D eigenvalue weighted by atomic mass is 10.1. The number of halogens is 2. The van der Waals surface area contributed by atoms with Crippen LogP contribution >= 0.6 is 31.9 Å². The molecule has 0 aliphatic carbocycles. The summed E-state index contributed by atoms with van der Waals surface area (Å²) in [6.07, 6.45) is 5.54. The normalized spacial score (nSPS) is 11.3. The van der Waals surface area contributed by atoms with Crippen LogP contribution in [-0.4, -0.2) is 11.9 Å². The van der Waals surface area contributed by atoms with E-state index in [9.17, 15) is 20.1 Å². The highest BCUT2D eigenvalue weighted by molar-refractivity contribution is 9.10. The number of unbranched alkanes of at least 4 members (excludes halogenated alkanes) is 3. The van der Waals surface area contributed by atoms with Crippen molar-refractivity contribution in [3.05, 3.63) is 81.1 Å². The van der Waals surface area contributed by atoms with Crippen LogP contribution in [0.25, 0.3) is 11.1 Å². The summed E-state index contributed by atoms with van der Waals surface area (Å²) in [7, 11) is 0. The molecule has 2 rings (SSSR count). The van der Waals surface area contributed by atoms with E-state index in [1.807, 2.05) is 12.1 Å². The van der Waals surface area contributed by atoms with Gasteiger partial charge in [0.15, 0.2) is 0 Å². The number of benzene rings is 2. The van der Waals surface area contributed by atoms with E-state index in [-0.39, 0.29) is 24.0 Å². The van der Waals surface area contributed by atoms with Gasteiger partial charge in [0, 0.05) is 21.8 Å². The Hall–Kier alpha value is -3.20. The molecule has 8 heteroatoms. The predicted molar refractivity (Wildman–Crippen MR) is 135 cm³/mol. The van der Waals surface area contributed by atoms with Crippen molar-refractivity contribution in [1.29, 1.82) is 10.5 Å². The van der Waals surface area contributed by atoms with Gasteiger partial charge < -0.3 is 9.47 Å². The van der Waals surface area contributed by atoms with Crippen LogP contribution in [0.2, 0.25) is 0 Å². The van der Waals surface area contributed by atoms with Gasteiger partial charge in [0.1, 0.15) is 24.7 Å². The topological polar surface area (TPSA) is 100 Å². The maximum Gasteiger partial charge on any atom is 0.310 e. The Bertz CT molecular complexity index is 1030. The summed E-state index contributed by atoms with van der Waals surface area (Å²) < 4.78 is 12.0. The second-order valence-electron chi connectivity index (χ2n) is 7.19. The monoisotopic (exact) mass is 584 g/mol. The van der Waals surface area contributed by atoms with Gasteiger partial charge in [-0.05, 0) is 48.2 Å². The largest absolute Gasteiger partial charge is 0.433 e. The molecule has 0 saturated carbocycles. The Labute approximate surface area is 215 Å². The molecule has 0 N–H and O–H groups in total. The third kappa shape index (κ3) is 9.74. The number of hydrogen-bond donors (Lipinski definition) is 0. The van der Waals surface area contributed by atoms with Crippen molar-refractivity contribution < 1.29 is 19.1 Å². The minimum atomic E-state index is -0.411. The van der Waals surface area contributed by atoms with Gasteiger partial charge in [-0.2, -0.15) is 10.5 Å². The van der Waals surface area contributed by atoms with Gasteiger partial charge in [-0.25, -0.2) is 0 Å². The van der Waals surface area contributed by atoms with Crippen LogP contribution in [0.4, 0.5) is 0 Å². The lowest BCUT2D eigenvalue weighted by molar-refractivity contribution is -0.139. The van der Waals surface area contributed by atoms with Crippen LogP contribution in [0.3, 0.4) is 0 Å². The average molecular weight is 586 g/mol. The number of esters is 2. The van der Waals surface area contributed by atoms with Gasteiger partial charge in [0.05, 0.1) is 11.1 Å². The SMILES string of the molecule is N#C/C(=C\OC(=O)CCCCCCC(=O)O/C=C(\C#N)c1ccc(Br)cc1)c1ccc(Br)cc1. The summed E-state index contributed by atoms with van der Waals surface area (Å²) in [5.41, 5.74) is 1.87. The zero-order valence-electron chi connectivity index (χ0n) is 18.3. The minimum absolute atomic E-state index is 0.224. The number of ether oxygens (including phenoxy) is 2. The van der Waals surface area contributed by atoms with E-state index in [1.54, 1.807) is 48.5 Å². The van der Waals surface area contributed by atoms with Gasteiger partial charge in [-0.15, -0.1) is 0 Å². The van der Waals surface area contributed by atoms with Crippen molar-refractivity contribution in [2.75, 3.05) is 0 Å². The molecule has 0 spiro atoms. The number of hydrogen-bond acceptors (Lipinski definition) is 6. The van der Waals surface area contributed by atoms with E-state index in [4.69, 9.17) is 9.47 Å². The smallest absolute Gasteiger partial charge is 0.310 e. The zero-order valence-corrected chi connectivity index (χ0v) is 21.5. The lowest BCUT2D eigenvalue weighted by Crippen LogP contribution is -2.01. The second kappa shape index (κ2) is 14.8. The van der Waals surface area contributed by atoms with Gasteiger partial charge in [-0.3, -0.25) is 9.59 Å². The van der Waals surface area contributed by atoms with E-state index >= 15 is 0 Å². The minimum Gasteiger partial charge on any atom is -0.433 e. The number of rotatable bonds is 11. The fourth-order valence-electron chi connectivity index (χ4n) is 2.84. The summed E-state index contributed by atoms with van der Waals surface area (Å²) in [5, 5.41) is 18.5. The van der Waals surface area contributed by atoms with E-state index in [1.165, 1.54) is 12.5 Å². The van der Waals surface area contributed by atoms with Crippen LogP contribution in [0, 0.1) is 22.7 Å². The fraction of sp³-hybridized carbons (Fsp3) is 0.231. The predicted octanol–water partition coefficient (Wildman–Crippen LogP) is 7.07. The molecule has 0 fully saturated rings. The fourth-order valence-corrected chi connectivity index (χ4v) is 3.36. The van der Waals surface area contributed by atoms with Crippen LogP contribution in [-0.2, 0) is 19.1 Å². The number of allylic oxidation sites excluding steroid dienone is 2. The second-order valence-corrected chi connectivity index (χ2v) is 9.03. The molecule has 0 saturated heterocycles. The molecule has 0 radical (unpaired) electrons. The number of nitrogens with zero attached hydrogens (tertiary/aromatic N) is 2. The summed E-state index contributed by atoms with van der Waals surface area (Å²) in [5.74, 6) is -0.822. The Morgan fingerprint density at radius 2 is 1.03 bits per heavy atom. The molecule has 0 atom stereocenters. The highest BCUT2D eigenvalue weighted by atomic mass is 79.9. The Morgan fingerprint density at radius 3 is 1.35 bits per heavy atom. The maximum absolute atomic E-state index is 11.9. The van der Waals surface area contributed by atoms with Crippen LogP contribution in [0.15, 0.2) is 70.0 Å². The highest BCUT2D eigenvalue weighted by Gasteiger charge is 2.07. The molecular formula is C26H22Br2N2O4. The number of carbonyl (C=O) groups excluding carboxylic acids is 2. The molecule has 2 aromatic carbocycles. The maximum atomic E-state index is 11.9. The van der Waals surface area contributed by atoms with Crippen molar-refractivity contribution in [1.82, 2.24) is 0 Å². The third-order valence-electron chi connectivity index (χ3n) is 4.68. The van der Waals surface area contributed by atoms with Crippen molar-refractivity contribution >= 4 is 54.9 Å². The lowest BCUT2D eigenvalue weighted by Gasteiger charge is -2.03. The number of carbonyl (C=O) groups is 2. The van der Waals surface area contributed by atoms with Crippen molar-refractivity contribution in [3.63, 3.8) is 0 Å². The quantitative estimate of drug-likeness (QED) is 0.121. The molecule has 2 aromatic rings. The van der Waals surface area contributed by atoms with Gasteiger partial charge >= 0.3 is 11.9 Å². The molecule has 34 heavy (non-hydrogen) atoms. The Morgan fingerprint density at radius 1 is 0.676 bits per heavy atom. The van der Waals surface area contributed by atoms with Crippen LogP contribution in [0.1, 0.15) is 49.7 Å². The molecule has 0 heterocycles. The molecule has 6 nitrogen and oxygen atoms in total.